The van der Waals surface area contributed by atoms with Gasteiger partial charge in [-0.05, 0) is 24.3 Å². The van der Waals surface area contributed by atoms with Crippen LogP contribution in [0.3, 0.4) is 0 Å². The van der Waals surface area contributed by atoms with E-state index in [1.165, 1.54) is 12.1 Å². The summed E-state index contributed by atoms with van der Waals surface area (Å²) in [4.78, 5) is 10.1. The van der Waals surface area contributed by atoms with Gasteiger partial charge in [0.25, 0.3) is 0 Å². The van der Waals surface area contributed by atoms with Gasteiger partial charge in [-0.15, -0.1) is 0 Å². The molecule has 4 nitrogen and oxygen atoms in total. The third-order valence-electron chi connectivity index (χ3n) is 3.33. The molecule has 106 valence electrons. The normalized spacial score (nSPS) is 11.0. The van der Waals surface area contributed by atoms with Crippen molar-refractivity contribution in [2.75, 3.05) is 0 Å². The molecule has 1 aromatic heterocycles. The molecule has 0 saturated carbocycles. The van der Waals surface area contributed by atoms with Crippen molar-refractivity contribution in [3.63, 3.8) is 0 Å². The molecular weight excluding hydrogens is 339 g/mol. The number of fused-ring (bicyclic) bond motifs is 1. The monoisotopic (exact) mass is 348 g/mol. The fourth-order valence-corrected chi connectivity index (χ4v) is 2.70. The molecule has 0 amide bonds. The van der Waals surface area contributed by atoms with E-state index in [1.54, 1.807) is 6.07 Å². The van der Waals surface area contributed by atoms with Crippen LogP contribution in [0, 0.1) is 15.9 Å². The van der Waals surface area contributed by atoms with E-state index in [-0.39, 0.29) is 6.54 Å². The lowest BCUT2D eigenvalue weighted by Gasteiger charge is -2.07. The van der Waals surface area contributed by atoms with Gasteiger partial charge >= 0.3 is 5.69 Å². The predicted octanol–water partition coefficient (Wildman–Crippen LogP) is 4.50. The fourth-order valence-electron chi connectivity index (χ4n) is 2.32. The van der Waals surface area contributed by atoms with Crippen LogP contribution in [0.4, 0.5) is 10.1 Å². The third-order valence-corrected chi connectivity index (χ3v) is 3.82. The van der Waals surface area contributed by atoms with Crippen LogP contribution < -0.4 is 0 Å². The number of halogens is 2. The molecule has 0 aliphatic heterocycles. The summed E-state index contributed by atoms with van der Waals surface area (Å²) >= 11 is 3.40. The smallest absolute Gasteiger partial charge is 0.305 e. The van der Waals surface area contributed by atoms with Crippen molar-refractivity contribution in [3.8, 4) is 0 Å². The predicted molar refractivity (Wildman–Crippen MR) is 81.8 cm³/mol. The Bertz CT molecular complexity index is 845. The molecule has 3 rings (SSSR count). The number of nitro groups is 1. The average Bonchev–Trinajstić information content (AvgIpc) is 2.83. The van der Waals surface area contributed by atoms with Crippen LogP contribution >= 0.6 is 15.9 Å². The molecule has 0 spiro atoms. The second-order valence-electron chi connectivity index (χ2n) is 4.65. The van der Waals surface area contributed by atoms with E-state index in [0.29, 0.717) is 5.56 Å². The van der Waals surface area contributed by atoms with Gasteiger partial charge in [-0.1, -0.05) is 28.1 Å². The van der Waals surface area contributed by atoms with E-state index in [1.807, 2.05) is 35.0 Å². The van der Waals surface area contributed by atoms with Crippen molar-refractivity contribution in [1.29, 1.82) is 0 Å². The summed E-state index contributed by atoms with van der Waals surface area (Å²) in [7, 11) is 0. The molecule has 1 heterocycles. The van der Waals surface area contributed by atoms with E-state index < -0.39 is 16.4 Å². The number of benzene rings is 2. The molecular formula is C15H10BrFN2O2. The van der Waals surface area contributed by atoms with Gasteiger partial charge in [-0.2, -0.15) is 4.39 Å². The highest BCUT2D eigenvalue weighted by Crippen LogP contribution is 2.24. The Labute approximate surface area is 128 Å². The van der Waals surface area contributed by atoms with E-state index in [4.69, 9.17) is 0 Å². The molecule has 6 heteroatoms. The van der Waals surface area contributed by atoms with Gasteiger partial charge in [0.05, 0.1) is 11.5 Å². The molecule has 0 bridgehead atoms. The largest absolute Gasteiger partial charge is 0.343 e. The summed E-state index contributed by atoms with van der Waals surface area (Å²) in [5.41, 5.74) is 0.750. The van der Waals surface area contributed by atoms with Crippen molar-refractivity contribution in [2.24, 2.45) is 0 Å². The molecule has 0 N–H and O–H groups in total. The van der Waals surface area contributed by atoms with Crippen LogP contribution in [0.15, 0.2) is 53.1 Å². The molecule has 0 atom stereocenters. The van der Waals surface area contributed by atoms with Crippen molar-refractivity contribution in [3.05, 3.63) is 74.6 Å². The zero-order valence-electron chi connectivity index (χ0n) is 10.8. The zero-order valence-corrected chi connectivity index (χ0v) is 12.4. The van der Waals surface area contributed by atoms with Crippen LogP contribution in [0.5, 0.6) is 0 Å². The minimum atomic E-state index is -0.776. The molecule has 2 aromatic carbocycles. The Hall–Kier alpha value is -2.21. The molecule has 0 aliphatic carbocycles. The van der Waals surface area contributed by atoms with E-state index >= 15 is 0 Å². The van der Waals surface area contributed by atoms with Crippen molar-refractivity contribution < 1.29 is 9.31 Å². The van der Waals surface area contributed by atoms with E-state index in [2.05, 4.69) is 15.9 Å². The summed E-state index contributed by atoms with van der Waals surface area (Å²) in [5, 5.41) is 11.8. The van der Waals surface area contributed by atoms with Gasteiger partial charge in [-0.3, -0.25) is 10.1 Å². The van der Waals surface area contributed by atoms with Gasteiger partial charge in [0.15, 0.2) is 0 Å². The number of nitro benzene ring substituents is 1. The van der Waals surface area contributed by atoms with E-state index in [0.717, 1.165) is 15.4 Å². The van der Waals surface area contributed by atoms with Crippen LogP contribution in [-0.4, -0.2) is 9.49 Å². The lowest BCUT2D eigenvalue weighted by atomic mass is 10.2. The number of nitrogens with zero attached hydrogens (tertiary/aromatic N) is 2. The molecule has 0 radical (unpaired) electrons. The SMILES string of the molecule is O=[N+]([O-])c1cccc(Cn2ccc3cc(Br)ccc32)c1F. The van der Waals surface area contributed by atoms with Crippen LogP contribution in [0.1, 0.15) is 5.56 Å². The number of rotatable bonds is 3. The number of hydrogen-bond acceptors (Lipinski definition) is 2. The van der Waals surface area contributed by atoms with Gasteiger partial charge in [-0.25, -0.2) is 0 Å². The quantitative estimate of drug-likeness (QED) is 0.516. The van der Waals surface area contributed by atoms with Crippen molar-refractivity contribution in [2.45, 2.75) is 6.54 Å². The molecule has 0 saturated heterocycles. The Morgan fingerprint density at radius 1 is 1.24 bits per heavy atom. The van der Waals surface area contributed by atoms with Crippen molar-refractivity contribution in [1.82, 2.24) is 4.57 Å². The number of aromatic nitrogens is 1. The van der Waals surface area contributed by atoms with Gasteiger partial charge in [0.2, 0.25) is 5.82 Å². The third kappa shape index (κ3) is 2.54. The Morgan fingerprint density at radius 3 is 2.81 bits per heavy atom. The molecule has 0 aliphatic rings. The standard InChI is InChI=1S/C15H10BrFN2O2/c16-12-4-5-13-10(8-12)6-7-18(13)9-11-2-1-3-14(15(11)17)19(20)21/h1-8H,9H2. The minimum absolute atomic E-state index is 0.249. The Balaban J connectivity index is 2.03. The number of hydrogen-bond donors (Lipinski definition) is 0. The Morgan fingerprint density at radius 2 is 2.05 bits per heavy atom. The Kier molecular flexibility index (Phi) is 3.47. The topological polar surface area (TPSA) is 48.1 Å². The summed E-state index contributed by atoms with van der Waals surface area (Å²) in [6.07, 6.45) is 1.84. The minimum Gasteiger partial charge on any atom is -0.343 e. The molecule has 0 fully saturated rings. The van der Waals surface area contributed by atoms with Crippen LogP contribution in [0.2, 0.25) is 0 Å². The highest BCUT2D eigenvalue weighted by Gasteiger charge is 2.17. The molecule has 0 unspecified atom stereocenters. The van der Waals surface area contributed by atoms with Gasteiger partial charge < -0.3 is 4.57 Å². The highest BCUT2D eigenvalue weighted by atomic mass is 79.9. The lowest BCUT2D eigenvalue weighted by Crippen LogP contribution is -2.03. The first-order valence-electron chi connectivity index (χ1n) is 6.22. The first-order valence-corrected chi connectivity index (χ1v) is 7.02. The summed E-state index contributed by atoms with van der Waals surface area (Å²) in [5.74, 6) is -0.776. The maximum absolute atomic E-state index is 14.1. The molecule has 3 aromatic rings. The van der Waals surface area contributed by atoms with Crippen LogP contribution in [0.25, 0.3) is 10.9 Å². The maximum Gasteiger partial charge on any atom is 0.305 e. The summed E-state index contributed by atoms with van der Waals surface area (Å²) in [6, 6.07) is 12.0. The summed E-state index contributed by atoms with van der Waals surface area (Å²) < 4.78 is 16.9. The highest BCUT2D eigenvalue weighted by molar-refractivity contribution is 9.10. The maximum atomic E-state index is 14.1. The fraction of sp³-hybridized carbons (Fsp3) is 0.0667. The zero-order chi connectivity index (χ0) is 15.0. The lowest BCUT2D eigenvalue weighted by molar-refractivity contribution is -0.387. The molecule has 21 heavy (non-hydrogen) atoms. The van der Waals surface area contributed by atoms with Crippen molar-refractivity contribution >= 4 is 32.5 Å². The first-order chi connectivity index (χ1) is 10.1. The van der Waals surface area contributed by atoms with E-state index in [9.17, 15) is 14.5 Å². The van der Waals surface area contributed by atoms with Gasteiger partial charge in [0, 0.05) is 33.2 Å². The van der Waals surface area contributed by atoms with Crippen LogP contribution in [-0.2, 0) is 6.54 Å². The first kappa shape index (κ1) is 13.8. The average molecular weight is 349 g/mol. The second kappa shape index (κ2) is 5.29. The second-order valence-corrected chi connectivity index (χ2v) is 5.57. The summed E-state index contributed by atoms with van der Waals surface area (Å²) in [6.45, 7) is 0.249. The van der Waals surface area contributed by atoms with Gasteiger partial charge in [0.1, 0.15) is 0 Å².